The molecule has 3 heterocycles. The molecule has 0 bridgehead atoms. The van der Waals surface area contributed by atoms with Crippen LogP contribution in [0.4, 0.5) is 0 Å². The molecule has 7 nitrogen and oxygen atoms in total. The molecule has 0 aliphatic rings. The first-order valence-corrected chi connectivity index (χ1v) is 9.00. The standard InChI is InChI=1S/C16H18N4O3S/c1-3-20-11-16(19-12(20)2)24(21,22)18-10-13-6-7-17-14(9-13)15-5-4-8-23-15/h4-9,11,18H,3,10H2,1-2H3. The van der Waals surface area contributed by atoms with Crippen LogP contribution in [0, 0.1) is 6.92 Å². The molecular formula is C16H18N4O3S. The van der Waals surface area contributed by atoms with E-state index >= 15 is 0 Å². The van der Waals surface area contributed by atoms with Crippen molar-refractivity contribution in [2.45, 2.75) is 32.0 Å². The van der Waals surface area contributed by atoms with Crippen molar-refractivity contribution >= 4 is 10.0 Å². The van der Waals surface area contributed by atoms with E-state index in [9.17, 15) is 8.42 Å². The number of hydrogen-bond acceptors (Lipinski definition) is 5. The van der Waals surface area contributed by atoms with Gasteiger partial charge >= 0.3 is 0 Å². The van der Waals surface area contributed by atoms with E-state index < -0.39 is 10.0 Å². The zero-order valence-electron chi connectivity index (χ0n) is 13.4. The summed E-state index contributed by atoms with van der Waals surface area (Å²) in [6.45, 7) is 4.54. The van der Waals surface area contributed by atoms with E-state index in [1.54, 1.807) is 54.4 Å². The summed E-state index contributed by atoms with van der Waals surface area (Å²) in [5.74, 6) is 1.30. The second-order valence-corrected chi connectivity index (χ2v) is 6.98. The Bertz CT molecular complexity index is 930. The smallest absolute Gasteiger partial charge is 0.259 e. The lowest BCUT2D eigenvalue weighted by Gasteiger charge is -2.05. The van der Waals surface area contributed by atoms with Gasteiger partial charge < -0.3 is 8.98 Å². The predicted octanol–water partition coefficient (Wildman–Crippen LogP) is 2.34. The van der Waals surface area contributed by atoms with Gasteiger partial charge in [0.25, 0.3) is 10.0 Å². The Labute approximate surface area is 140 Å². The molecule has 8 heteroatoms. The number of sulfonamides is 1. The number of nitrogens with one attached hydrogen (secondary N) is 1. The van der Waals surface area contributed by atoms with Crippen molar-refractivity contribution in [3.8, 4) is 11.5 Å². The average Bonchev–Trinajstić information content (AvgIpc) is 3.23. The van der Waals surface area contributed by atoms with Crippen molar-refractivity contribution < 1.29 is 12.8 Å². The Morgan fingerprint density at radius 1 is 1.33 bits per heavy atom. The summed E-state index contributed by atoms with van der Waals surface area (Å²) in [4.78, 5) is 8.33. The van der Waals surface area contributed by atoms with Gasteiger partial charge in [-0.25, -0.2) is 18.1 Å². The van der Waals surface area contributed by atoms with E-state index in [0.717, 1.165) is 5.56 Å². The number of pyridine rings is 1. The van der Waals surface area contributed by atoms with E-state index in [2.05, 4.69) is 14.7 Å². The summed E-state index contributed by atoms with van der Waals surface area (Å²) < 4.78 is 34.4. The van der Waals surface area contributed by atoms with Gasteiger partial charge in [0, 0.05) is 25.5 Å². The van der Waals surface area contributed by atoms with Gasteiger partial charge in [-0.05, 0) is 43.7 Å². The zero-order chi connectivity index (χ0) is 17.2. The normalized spacial score (nSPS) is 11.8. The number of rotatable bonds is 6. The fourth-order valence-corrected chi connectivity index (χ4v) is 3.35. The van der Waals surface area contributed by atoms with E-state index in [1.807, 2.05) is 6.92 Å². The molecule has 0 spiro atoms. The molecule has 3 aromatic rings. The first-order valence-electron chi connectivity index (χ1n) is 7.52. The molecular weight excluding hydrogens is 328 g/mol. The van der Waals surface area contributed by atoms with Gasteiger partial charge in [0.05, 0.1) is 6.26 Å². The van der Waals surface area contributed by atoms with Crippen LogP contribution in [0.25, 0.3) is 11.5 Å². The highest BCUT2D eigenvalue weighted by molar-refractivity contribution is 7.89. The minimum atomic E-state index is -3.66. The molecule has 1 N–H and O–H groups in total. The van der Waals surface area contributed by atoms with Crippen molar-refractivity contribution in [3.05, 3.63) is 54.3 Å². The maximum atomic E-state index is 12.4. The maximum absolute atomic E-state index is 12.4. The molecule has 24 heavy (non-hydrogen) atoms. The topological polar surface area (TPSA) is 90.0 Å². The van der Waals surface area contributed by atoms with E-state index in [4.69, 9.17) is 4.42 Å². The summed E-state index contributed by atoms with van der Waals surface area (Å²) in [7, 11) is -3.66. The highest BCUT2D eigenvalue weighted by Gasteiger charge is 2.18. The van der Waals surface area contributed by atoms with Crippen molar-refractivity contribution in [2.24, 2.45) is 0 Å². The molecule has 0 amide bonds. The molecule has 0 aliphatic carbocycles. The van der Waals surface area contributed by atoms with Crippen LogP contribution in [0.2, 0.25) is 0 Å². The molecule has 3 aromatic heterocycles. The molecule has 0 unspecified atom stereocenters. The minimum Gasteiger partial charge on any atom is -0.463 e. The van der Waals surface area contributed by atoms with E-state index in [0.29, 0.717) is 23.8 Å². The summed E-state index contributed by atoms with van der Waals surface area (Å²) in [6, 6.07) is 7.12. The minimum absolute atomic E-state index is 0.0298. The van der Waals surface area contributed by atoms with Crippen LogP contribution in [-0.4, -0.2) is 23.0 Å². The van der Waals surface area contributed by atoms with Crippen LogP contribution < -0.4 is 4.72 Å². The summed E-state index contributed by atoms with van der Waals surface area (Å²) in [5, 5.41) is 0.0298. The summed E-state index contributed by atoms with van der Waals surface area (Å²) in [5.41, 5.74) is 1.44. The first-order chi connectivity index (χ1) is 11.5. The quantitative estimate of drug-likeness (QED) is 0.740. The number of furan rings is 1. The van der Waals surface area contributed by atoms with Crippen LogP contribution in [0.5, 0.6) is 0 Å². The van der Waals surface area contributed by atoms with Crippen molar-refractivity contribution in [1.82, 2.24) is 19.3 Å². The van der Waals surface area contributed by atoms with Gasteiger partial charge in [-0.15, -0.1) is 0 Å². The lowest BCUT2D eigenvalue weighted by Crippen LogP contribution is -2.23. The van der Waals surface area contributed by atoms with Gasteiger partial charge in [0.2, 0.25) is 0 Å². The number of imidazole rings is 1. The van der Waals surface area contributed by atoms with Crippen molar-refractivity contribution in [2.75, 3.05) is 0 Å². The Kier molecular flexibility index (Phi) is 4.50. The highest BCUT2D eigenvalue weighted by Crippen LogP contribution is 2.18. The molecule has 0 saturated heterocycles. The molecule has 0 radical (unpaired) electrons. The largest absolute Gasteiger partial charge is 0.463 e. The Hall–Kier alpha value is -2.45. The van der Waals surface area contributed by atoms with Crippen LogP contribution in [0.15, 0.2) is 52.4 Å². The summed E-state index contributed by atoms with van der Waals surface area (Å²) >= 11 is 0. The predicted molar refractivity (Wildman–Crippen MR) is 88.6 cm³/mol. The van der Waals surface area contributed by atoms with Crippen molar-refractivity contribution in [3.63, 3.8) is 0 Å². The maximum Gasteiger partial charge on any atom is 0.259 e. The van der Waals surface area contributed by atoms with Gasteiger partial charge in [0.15, 0.2) is 10.8 Å². The fourth-order valence-electron chi connectivity index (χ4n) is 2.32. The second kappa shape index (κ2) is 6.58. The molecule has 3 rings (SSSR count). The third-order valence-corrected chi connectivity index (χ3v) is 4.91. The van der Waals surface area contributed by atoms with Crippen LogP contribution in [0.3, 0.4) is 0 Å². The fraction of sp³-hybridized carbons (Fsp3) is 0.250. The second-order valence-electron chi connectivity index (χ2n) is 5.26. The van der Waals surface area contributed by atoms with Crippen LogP contribution in [0.1, 0.15) is 18.3 Å². The molecule has 0 aromatic carbocycles. The average molecular weight is 346 g/mol. The van der Waals surface area contributed by atoms with Gasteiger partial charge in [-0.1, -0.05) is 0 Å². The van der Waals surface area contributed by atoms with E-state index in [1.165, 1.54) is 0 Å². The summed E-state index contributed by atoms with van der Waals surface area (Å²) in [6.07, 6.45) is 4.73. The lowest BCUT2D eigenvalue weighted by atomic mass is 10.2. The van der Waals surface area contributed by atoms with Crippen LogP contribution >= 0.6 is 0 Å². The first kappa shape index (κ1) is 16.4. The highest BCUT2D eigenvalue weighted by atomic mass is 32.2. The Morgan fingerprint density at radius 3 is 2.83 bits per heavy atom. The molecule has 0 fully saturated rings. The van der Waals surface area contributed by atoms with Gasteiger partial charge in [0.1, 0.15) is 11.5 Å². The number of aryl methyl sites for hydroxylation is 2. The van der Waals surface area contributed by atoms with Crippen LogP contribution in [-0.2, 0) is 23.1 Å². The molecule has 0 atom stereocenters. The van der Waals surface area contributed by atoms with Gasteiger partial charge in [-0.2, -0.15) is 0 Å². The van der Waals surface area contributed by atoms with Crippen molar-refractivity contribution in [1.29, 1.82) is 0 Å². The number of nitrogens with zero attached hydrogens (tertiary/aromatic N) is 3. The lowest BCUT2D eigenvalue weighted by molar-refractivity contribution is 0.577. The molecule has 126 valence electrons. The van der Waals surface area contributed by atoms with Gasteiger partial charge in [-0.3, -0.25) is 4.98 Å². The SMILES string of the molecule is CCn1cc(S(=O)(=O)NCc2ccnc(-c3ccco3)c2)nc1C. The Balaban J connectivity index is 1.76. The molecule has 0 saturated carbocycles. The number of aromatic nitrogens is 3. The number of hydrogen-bond donors (Lipinski definition) is 1. The third-order valence-electron chi connectivity index (χ3n) is 3.63. The molecule has 0 aliphatic heterocycles. The zero-order valence-corrected chi connectivity index (χ0v) is 14.2. The van der Waals surface area contributed by atoms with E-state index in [-0.39, 0.29) is 11.6 Å². The monoisotopic (exact) mass is 346 g/mol. The Morgan fingerprint density at radius 2 is 2.17 bits per heavy atom. The third kappa shape index (κ3) is 3.39.